The van der Waals surface area contributed by atoms with E-state index in [1.54, 1.807) is 54.9 Å². The van der Waals surface area contributed by atoms with Gasteiger partial charge >= 0.3 is 0 Å². The first-order valence-electron chi connectivity index (χ1n) is 16.9. The number of benzene rings is 4. The van der Waals surface area contributed by atoms with Gasteiger partial charge in [0.2, 0.25) is 17.7 Å². The molecule has 4 heterocycles. The molecule has 4 aromatic carbocycles. The molecule has 0 spiro atoms. The summed E-state index contributed by atoms with van der Waals surface area (Å²) >= 11 is 0. The summed E-state index contributed by atoms with van der Waals surface area (Å²) in [5.41, 5.74) is 2.49. The van der Waals surface area contributed by atoms with E-state index >= 15 is 0 Å². The number of hydrogen-bond donors (Lipinski definition) is 0. The Morgan fingerprint density at radius 3 is 1.49 bits per heavy atom. The van der Waals surface area contributed by atoms with E-state index in [0.29, 0.717) is 46.3 Å². The zero-order valence-corrected chi connectivity index (χ0v) is 26.1. The van der Waals surface area contributed by atoms with Crippen LogP contribution in [0.2, 0.25) is 0 Å². The topological polar surface area (TPSA) is 93.4 Å². The van der Waals surface area contributed by atoms with Crippen LogP contribution in [-0.2, 0) is 0 Å². The van der Waals surface area contributed by atoms with Gasteiger partial charge in [0.15, 0.2) is 0 Å². The third-order valence-corrected chi connectivity index (χ3v) is 7.58. The van der Waals surface area contributed by atoms with Crippen LogP contribution < -0.4 is 18.9 Å². The van der Waals surface area contributed by atoms with Crippen LogP contribution in [0.25, 0.3) is 27.8 Å². The number of ether oxygens (including phenoxy) is 4. The van der Waals surface area contributed by atoms with Gasteiger partial charge < -0.3 is 18.9 Å². The molecule has 0 bridgehead atoms. The number of rotatable bonds is 9. The summed E-state index contributed by atoms with van der Waals surface area (Å²) in [4.78, 5) is 17.7. The summed E-state index contributed by atoms with van der Waals surface area (Å²) in [7, 11) is 0. The minimum Gasteiger partial charge on any atom is -0.457 e. The van der Waals surface area contributed by atoms with Crippen molar-refractivity contribution in [3.63, 3.8) is 0 Å². The molecule has 0 aliphatic rings. The maximum absolute atomic E-state index is 7.64. The number of aromatic nitrogens is 5. The number of fused-ring (bicyclic) bond motifs is 3. The minimum atomic E-state index is -2.34. The third kappa shape index (κ3) is 6.45. The summed E-state index contributed by atoms with van der Waals surface area (Å²) < 4.78 is 49.4. The molecule has 49 heavy (non-hydrogen) atoms. The monoisotopic (exact) mass is 646 g/mol. The molecule has 0 atom stereocenters. The van der Waals surface area contributed by atoms with Crippen LogP contribution in [-0.4, -0.2) is 24.5 Å². The fraction of sp³-hybridized carbons (Fsp3) is 0.0500. The summed E-state index contributed by atoms with van der Waals surface area (Å²) in [6, 6.07) is 38.2. The molecule has 0 N–H and O–H groups in total. The largest absolute Gasteiger partial charge is 0.457 e. The maximum Gasteiger partial charge on any atom is 0.234 e. The van der Waals surface area contributed by atoms with Crippen molar-refractivity contribution in [3.8, 4) is 52.2 Å². The van der Waals surface area contributed by atoms with Crippen molar-refractivity contribution >= 4 is 21.8 Å². The van der Waals surface area contributed by atoms with E-state index in [-0.39, 0.29) is 11.6 Å². The van der Waals surface area contributed by atoms with E-state index in [2.05, 4.69) is 19.9 Å². The van der Waals surface area contributed by atoms with Gasteiger partial charge in [-0.15, -0.1) is 0 Å². The van der Waals surface area contributed by atoms with Gasteiger partial charge in [0.1, 0.15) is 34.5 Å². The van der Waals surface area contributed by atoms with Gasteiger partial charge in [-0.2, -0.15) is 0 Å². The van der Waals surface area contributed by atoms with E-state index < -0.39 is 6.85 Å². The first-order valence-corrected chi connectivity index (χ1v) is 15.4. The van der Waals surface area contributed by atoms with Gasteiger partial charge in [-0.3, -0.25) is 4.57 Å². The van der Waals surface area contributed by atoms with Crippen LogP contribution in [0.4, 0.5) is 0 Å². The van der Waals surface area contributed by atoms with Crippen molar-refractivity contribution < 1.29 is 23.1 Å². The number of nitrogens with zero attached hydrogens (tertiary/aromatic N) is 5. The van der Waals surface area contributed by atoms with E-state index in [9.17, 15) is 0 Å². The highest BCUT2D eigenvalue weighted by molar-refractivity contribution is 6.09. The van der Waals surface area contributed by atoms with Gasteiger partial charge in [-0.1, -0.05) is 24.3 Å². The first kappa shape index (κ1) is 26.3. The van der Waals surface area contributed by atoms with Crippen molar-refractivity contribution in [3.05, 3.63) is 151 Å². The molecule has 0 fully saturated rings. The molecule has 4 aromatic heterocycles. The Bertz CT molecular complexity index is 2560. The Labute approximate surface area is 286 Å². The van der Waals surface area contributed by atoms with Gasteiger partial charge in [-0.05, 0) is 80.5 Å². The molecule has 0 aliphatic heterocycles. The van der Waals surface area contributed by atoms with Crippen LogP contribution in [0, 0.1) is 13.8 Å². The summed E-state index contributed by atoms with van der Waals surface area (Å²) in [6.07, 6.45) is 3.40. The smallest absolute Gasteiger partial charge is 0.234 e. The normalized spacial score (nSPS) is 12.2. The lowest BCUT2D eigenvalue weighted by Gasteiger charge is -2.10. The molecular formula is C40H29N5O4. The van der Waals surface area contributed by atoms with Gasteiger partial charge in [0.05, 0.1) is 11.0 Å². The molecule has 0 aliphatic carbocycles. The molecule has 0 amide bonds. The zero-order chi connectivity index (χ0) is 35.7. The second-order valence-corrected chi connectivity index (χ2v) is 11.1. The Hall–Kier alpha value is -6.74. The molecule has 238 valence electrons. The SMILES string of the molecule is [2H]C([2H])([2H])c1cccc(Oc2cccc(Oc3ccc4c5ccc(Oc6cccc(Oc7cccc(C)n7)c6)cc5n(-c5ncccn5)c4c3)c2)n1. The summed E-state index contributed by atoms with van der Waals surface area (Å²) in [5, 5.41) is 1.95. The molecule has 0 unspecified atom stereocenters. The fourth-order valence-electron chi connectivity index (χ4n) is 5.49. The van der Waals surface area contributed by atoms with Crippen molar-refractivity contribution in [2.75, 3.05) is 0 Å². The third-order valence-electron chi connectivity index (χ3n) is 7.58. The maximum atomic E-state index is 7.64. The van der Waals surface area contributed by atoms with Crippen LogP contribution in [0.3, 0.4) is 0 Å². The zero-order valence-electron chi connectivity index (χ0n) is 29.1. The lowest BCUT2D eigenvalue weighted by atomic mass is 10.1. The van der Waals surface area contributed by atoms with Crippen LogP contribution in [0.15, 0.2) is 140 Å². The molecule has 8 aromatic rings. The Morgan fingerprint density at radius 2 is 0.959 bits per heavy atom. The highest BCUT2D eigenvalue weighted by atomic mass is 16.5. The number of hydrogen-bond acceptors (Lipinski definition) is 8. The lowest BCUT2D eigenvalue weighted by Crippen LogP contribution is -2.00. The molecule has 0 radical (unpaired) electrons. The minimum absolute atomic E-state index is 0.0439. The van der Waals surface area contributed by atoms with Gasteiger partial charge in [0, 0.05) is 75.1 Å². The standard InChI is InChI=1S/C40H29N5O4/c1-26-8-3-14-38(43-26)48-30-12-5-10-28(22-30)46-32-16-18-34-35-19-17-33(25-37(35)45(36(34)24-32)40-41-20-7-21-42-40)47-29-11-6-13-31(23-29)49-39-15-4-9-27(2)44-39/h3-25H,1-2H3/i1D3. The summed E-state index contributed by atoms with van der Waals surface area (Å²) in [6.45, 7) is -0.426. The predicted octanol–water partition coefficient (Wildman–Crippen LogP) is 10.1. The van der Waals surface area contributed by atoms with Crippen LogP contribution >= 0.6 is 0 Å². The molecule has 0 saturated carbocycles. The quantitative estimate of drug-likeness (QED) is 0.153. The van der Waals surface area contributed by atoms with Crippen LogP contribution in [0.5, 0.6) is 46.3 Å². The average molecular weight is 647 g/mol. The van der Waals surface area contributed by atoms with Crippen molar-refractivity contribution in [2.24, 2.45) is 0 Å². The first-order chi connectivity index (χ1) is 25.2. The molecule has 8 rings (SSSR count). The lowest BCUT2D eigenvalue weighted by molar-refractivity contribution is 0.448. The van der Waals surface area contributed by atoms with Gasteiger partial charge in [-0.25, -0.2) is 19.9 Å². The van der Waals surface area contributed by atoms with E-state index in [1.807, 2.05) is 90.4 Å². The fourth-order valence-corrected chi connectivity index (χ4v) is 5.49. The van der Waals surface area contributed by atoms with Gasteiger partial charge in [0.25, 0.3) is 0 Å². The molecule has 9 nitrogen and oxygen atoms in total. The highest BCUT2D eigenvalue weighted by Gasteiger charge is 2.17. The second-order valence-electron chi connectivity index (χ2n) is 11.1. The number of pyridine rings is 2. The highest BCUT2D eigenvalue weighted by Crippen LogP contribution is 2.38. The predicted molar refractivity (Wildman–Crippen MR) is 187 cm³/mol. The van der Waals surface area contributed by atoms with Crippen molar-refractivity contribution in [2.45, 2.75) is 13.8 Å². The Balaban J connectivity index is 1.10. The molecule has 0 saturated heterocycles. The summed E-state index contributed by atoms with van der Waals surface area (Å²) in [5.74, 6) is 4.52. The Morgan fingerprint density at radius 1 is 0.490 bits per heavy atom. The van der Waals surface area contributed by atoms with Crippen LogP contribution in [0.1, 0.15) is 15.5 Å². The number of aryl methyl sites for hydroxylation is 2. The Kier molecular flexibility index (Phi) is 6.89. The molecule has 9 heteroatoms. The molecular weight excluding hydrogens is 614 g/mol. The second kappa shape index (κ2) is 12.8. The van der Waals surface area contributed by atoms with E-state index in [4.69, 9.17) is 23.1 Å². The van der Waals surface area contributed by atoms with E-state index in [0.717, 1.165) is 27.5 Å². The average Bonchev–Trinajstić information content (AvgIpc) is 3.45. The van der Waals surface area contributed by atoms with Crippen molar-refractivity contribution in [1.29, 1.82) is 0 Å². The van der Waals surface area contributed by atoms with Crippen molar-refractivity contribution in [1.82, 2.24) is 24.5 Å². The van der Waals surface area contributed by atoms with E-state index in [1.165, 1.54) is 6.07 Å².